The molecule has 0 bridgehead atoms. The first-order valence-electron chi connectivity index (χ1n) is 11.7. The average molecular weight is 482 g/mol. The Morgan fingerprint density at radius 3 is 2.61 bits per heavy atom. The zero-order valence-electron chi connectivity index (χ0n) is 19.7. The normalized spacial score (nSPS) is 20.5. The number of thiophene rings is 1. The Morgan fingerprint density at radius 1 is 1.18 bits per heavy atom. The second-order valence-electron chi connectivity index (χ2n) is 8.39. The van der Waals surface area contributed by atoms with E-state index in [1.165, 1.54) is 14.6 Å². The fourth-order valence-electron chi connectivity index (χ4n) is 4.85. The van der Waals surface area contributed by atoms with Crippen LogP contribution in [0.25, 0.3) is 0 Å². The summed E-state index contributed by atoms with van der Waals surface area (Å²) in [5.74, 6) is 0.479. The van der Waals surface area contributed by atoms with Gasteiger partial charge in [0.2, 0.25) is 0 Å². The number of ether oxygens (including phenoxy) is 1. The molecule has 2 heterocycles. The second-order valence-corrected chi connectivity index (χ2v) is 11.1. The first-order chi connectivity index (χ1) is 16.0. The SMILES string of the molecule is CCOC(=O)C1=C(C)NC2=C(C(=O)CC(c3ccccc3)C2)C1c1cc(CC)sc1SCC. The third kappa shape index (κ3) is 4.69. The molecule has 2 atom stereocenters. The molecule has 174 valence electrons. The van der Waals surface area contributed by atoms with Crippen molar-refractivity contribution in [3.05, 3.63) is 74.9 Å². The van der Waals surface area contributed by atoms with Crippen molar-refractivity contribution < 1.29 is 14.3 Å². The van der Waals surface area contributed by atoms with Gasteiger partial charge in [-0.25, -0.2) is 4.79 Å². The number of ketones is 1. The van der Waals surface area contributed by atoms with E-state index in [2.05, 4.69) is 37.4 Å². The fraction of sp³-hybridized carbons (Fsp3) is 0.407. The van der Waals surface area contributed by atoms with Crippen LogP contribution in [0, 0.1) is 0 Å². The van der Waals surface area contributed by atoms with E-state index < -0.39 is 0 Å². The van der Waals surface area contributed by atoms with Gasteiger partial charge < -0.3 is 10.1 Å². The minimum atomic E-state index is -0.380. The number of carbonyl (C=O) groups is 2. The molecule has 1 aliphatic heterocycles. The third-order valence-electron chi connectivity index (χ3n) is 6.30. The lowest BCUT2D eigenvalue weighted by molar-refractivity contribution is -0.138. The predicted molar refractivity (Wildman–Crippen MR) is 136 cm³/mol. The van der Waals surface area contributed by atoms with Crippen LogP contribution in [-0.2, 0) is 20.7 Å². The van der Waals surface area contributed by atoms with Gasteiger partial charge in [0.25, 0.3) is 0 Å². The molecule has 1 aromatic heterocycles. The highest BCUT2D eigenvalue weighted by atomic mass is 32.2. The number of carbonyl (C=O) groups excluding carboxylic acids is 2. The Bertz CT molecular complexity index is 1110. The quantitative estimate of drug-likeness (QED) is 0.369. The molecule has 2 aromatic rings. The van der Waals surface area contributed by atoms with Crippen molar-refractivity contribution in [1.82, 2.24) is 5.32 Å². The van der Waals surface area contributed by atoms with Gasteiger partial charge >= 0.3 is 5.97 Å². The summed E-state index contributed by atoms with van der Waals surface area (Å²) in [6, 6.07) is 12.4. The summed E-state index contributed by atoms with van der Waals surface area (Å²) in [5, 5.41) is 3.44. The molecule has 4 rings (SSSR count). The van der Waals surface area contributed by atoms with Crippen LogP contribution in [0.4, 0.5) is 0 Å². The maximum Gasteiger partial charge on any atom is 0.336 e. The van der Waals surface area contributed by atoms with E-state index in [4.69, 9.17) is 4.74 Å². The summed E-state index contributed by atoms with van der Waals surface area (Å²) >= 11 is 3.57. The number of nitrogens with one attached hydrogen (secondary N) is 1. The maximum atomic E-state index is 13.7. The number of aryl methyl sites for hydroxylation is 1. The van der Waals surface area contributed by atoms with E-state index in [0.717, 1.165) is 41.1 Å². The molecule has 0 fully saturated rings. The minimum absolute atomic E-state index is 0.119. The van der Waals surface area contributed by atoms with Gasteiger partial charge in [-0.1, -0.05) is 44.2 Å². The van der Waals surface area contributed by atoms with E-state index in [9.17, 15) is 9.59 Å². The van der Waals surface area contributed by atoms with Crippen molar-refractivity contribution in [3.63, 3.8) is 0 Å². The van der Waals surface area contributed by atoms with Crippen LogP contribution in [0.3, 0.4) is 0 Å². The van der Waals surface area contributed by atoms with E-state index in [-0.39, 0.29) is 23.6 Å². The van der Waals surface area contributed by atoms with Crippen molar-refractivity contribution in [1.29, 1.82) is 0 Å². The molecule has 0 saturated carbocycles. The van der Waals surface area contributed by atoms with Crippen LogP contribution in [-0.4, -0.2) is 24.1 Å². The Hall–Kier alpha value is -2.31. The minimum Gasteiger partial charge on any atom is -0.463 e. The van der Waals surface area contributed by atoms with Crippen LogP contribution in [0.1, 0.15) is 68.4 Å². The predicted octanol–water partition coefficient (Wildman–Crippen LogP) is 6.35. The van der Waals surface area contributed by atoms with Crippen molar-refractivity contribution in [2.45, 2.75) is 63.0 Å². The summed E-state index contributed by atoms with van der Waals surface area (Å²) < 4.78 is 6.66. The van der Waals surface area contributed by atoms with Crippen molar-refractivity contribution >= 4 is 34.9 Å². The molecule has 1 aromatic carbocycles. The lowest BCUT2D eigenvalue weighted by Gasteiger charge is -2.36. The summed E-state index contributed by atoms with van der Waals surface area (Å²) in [5.41, 5.74) is 5.31. The molecule has 1 N–H and O–H groups in total. The van der Waals surface area contributed by atoms with Gasteiger partial charge in [-0.3, -0.25) is 4.79 Å². The summed E-state index contributed by atoms with van der Waals surface area (Å²) in [6.07, 6.45) is 2.15. The molecule has 0 saturated heterocycles. The highest BCUT2D eigenvalue weighted by Crippen LogP contribution is 2.49. The smallest absolute Gasteiger partial charge is 0.336 e. The van der Waals surface area contributed by atoms with Gasteiger partial charge in [0.1, 0.15) is 0 Å². The Labute approximate surface area is 204 Å². The lowest BCUT2D eigenvalue weighted by Crippen LogP contribution is -2.36. The van der Waals surface area contributed by atoms with Crippen LogP contribution in [0.5, 0.6) is 0 Å². The van der Waals surface area contributed by atoms with Crippen LogP contribution < -0.4 is 5.32 Å². The number of Topliss-reactive ketones (excluding diaryl/α,β-unsaturated/α-hetero) is 1. The number of esters is 1. The van der Waals surface area contributed by atoms with Gasteiger partial charge in [-0.05, 0) is 55.6 Å². The third-order valence-corrected chi connectivity index (χ3v) is 8.78. The number of rotatable bonds is 7. The Morgan fingerprint density at radius 2 is 1.94 bits per heavy atom. The van der Waals surface area contributed by atoms with Gasteiger partial charge in [-0.2, -0.15) is 0 Å². The largest absolute Gasteiger partial charge is 0.463 e. The van der Waals surface area contributed by atoms with Gasteiger partial charge in [-0.15, -0.1) is 23.1 Å². The standard InChI is InChI=1S/C27H31NO3S2/c1-5-19-15-20(27(33-19)32-7-3)24-23(26(30)31-6-2)16(4)28-21-13-18(14-22(29)25(21)24)17-11-9-8-10-12-17/h8-12,15,18,24,28H,5-7,13-14H2,1-4H3. The van der Waals surface area contributed by atoms with Gasteiger partial charge in [0.15, 0.2) is 5.78 Å². The molecule has 0 amide bonds. The van der Waals surface area contributed by atoms with Gasteiger partial charge in [0, 0.05) is 28.3 Å². The molecule has 4 nitrogen and oxygen atoms in total. The zero-order chi connectivity index (χ0) is 23.5. The molecule has 0 spiro atoms. The maximum absolute atomic E-state index is 13.7. The molecule has 0 radical (unpaired) electrons. The van der Waals surface area contributed by atoms with Crippen molar-refractivity contribution in [3.8, 4) is 0 Å². The monoisotopic (exact) mass is 481 g/mol. The molecule has 33 heavy (non-hydrogen) atoms. The lowest BCUT2D eigenvalue weighted by atomic mass is 9.72. The number of hydrogen-bond donors (Lipinski definition) is 1. The number of thioether (sulfide) groups is 1. The number of allylic oxidation sites excluding steroid dienone is 3. The molecule has 1 aliphatic carbocycles. The van der Waals surface area contributed by atoms with Crippen LogP contribution >= 0.6 is 23.1 Å². The molecule has 2 aliphatic rings. The Balaban J connectivity index is 1.85. The van der Waals surface area contributed by atoms with E-state index >= 15 is 0 Å². The molecular weight excluding hydrogens is 450 g/mol. The topological polar surface area (TPSA) is 55.4 Å². The van der Waals surface area contributed by atoms with Crippen molar-refractivity contribution in [2.24, 2.45) is 0 Å². The number of hydrogen-bond acceptors (Lipinski definition) is 6. The summed E-state index contributed by atoms with van der Waals surface area (Å²) in [7, 11) is 0. The van der Waals surface area contributed by atoms with E-state index in [0.29, 0.717) is 18.6 Å². The van der Waals surface area contributed by atoms with Crippen molar-refractivity contribution in [2.75, 3.05) is 12.4 Å². The fourth-order valence-corrected chi connectivity index (χ4v) is 7.23. The molecular formula is C27H31NO3S2. The van der Waals surface area contributed by atoms with E-state index in [1.807, 2.05) is 32.0 Å². The molecule has 2 unspecified atom stereocenters. The first-order valence-corrected chi connectivity index (χ1v) is 13.5. The van der Waals surface area contributed by atoms with Crippen LogP contribution in [0.2, 0.25) is 0 Å². The zero-order valence-corrected chi connectivity index (χ0v) is 21.3. The second kappa shape index (κ2) is 10.3. The Kier molecular flexibility index (Phi) is 7.45. The van der Waals surface area contributed by atoms with Gasteiger partial charge in [0.05, 0.1) is 22.3 Å². The highest BCUT2D eigenvalue weighted by Gasteiger charge is 2.42. The van der Waals surface area contributed by atoms with Crippen LogP contribution in [0.15, 0.2) is 63.1 Å². The average Bonchev–Trinajstić information content (AvgIpc) is 3.21. The summed E-state index contributed by atoms with van der Waals surface area (Å²) in [6.45, 7) is 8.33. The number of dihydropyridines is 1. The summed E-state index contributed by atoms with van der Waals surface area (Å²) in [4.78, 5) is 28.1. The first kappa shape index (κ1) is 23.8. The molecule has 6 heteroatoms. The van der Waals surface area contributed by atoms with E-state index in [1.54, 1.807) is 23.1 Å². The number of benzene rings is 1. The highest BCUT2D eigenvalue weighted by molar-refractivity contribution is 8.01.